The number of rotatable bonds is 7. The van der Waals surface area contributed by atoms with Crippen LogP contribution in [0.5, 0.6) is 17.4 Å². The third kappa shape index (κ3) is 4.59. The summed E-state index contributed by atoms with van der Waals surface area (Å²) in [6.07, 6.45) is 6.82. The lowest BCUT2D eigenvalue weighted by Gasteiger charge is -2.33. The van der Waals surface area contributed by atoms with Gasteiger partial charge in [0.05, 0.1) is 25.4 Å². The molecule has 10 heteroatoms. The van der Waals surface area contributed by atoms with Gasteiger partial charge in [0.2, 0.25) is 5.91 Å². The summed E-state index contributed by atoms with van der Waals surface area (Å²) in [6, 6.07) is 4.57. The predicted octanol–water partition coefficient (Wildman–Crippen LogP) is 1.83. The van der Waals surface area contributed by atoms with E-state index in [1.807, 2.05) is 6.92 Å². The maximum absolute atomic E-state index is 14.3. The summed E-state index contributed by atoms with van der Waals surface area (Å²) in [7, 11) is 0. The second-order valence-electron chi connectivity index (χ2n) is 7.55. The van der Waals surface area contributed by atoms with E-state index in [-0.39, 0.29) is 18.3 Å². The second-order valence-corrected chi connectivity index (χ2v) is 7.55. The fourth-order valence-corrected chi connectivity index (χ4v) is 3.67. The molecule has 4 heterocycles. The first kappa shape index (κ1) is 21.8. The van der Waals surface area contributed by atoms with E-state index in [2.05, 4.69) is 30.6 Å². The molecule has 0 radical (unpaired) electrons. The second kappa shape index (κ2) is 9.82. The van der Waals surface area contributed by atoms with Crippen molar-refractivity contribution >= 4 is 18.5 Å². The highest BCUT2D eigenvalue weighted by Gasteiger charge is 2.42. The molecule has 168 valence electrons. The molecule has 9 nitrogen and oxygen atoms in total. The topological polar surface area (TPSA) is 110 Å². The molecule has 0 aromatic carbocycles. The minimum absolute atomic E-state index is 0.123. The van der Waals surface area contributed by atoms with E-state index in [1.54, 1.807) is 30.6 Å². The molecule has 0 saturated carbocycles. The molecule has 3 atom stereocenters. The number of pyridine rings is 2. The van der Waals surface area contributed by atoms with Gasteiger partial charge in [-0.25, -0.2) is 14.4 Å². The molecule has 1 fully saturated rings. The molecule has 0 spiro atoms. The quantitative estimate of drug-likeness (QED) is 0.680. The minimum Gasteiger partial charge on any atom is -0.488 e. The van der Waals surface area contributed by atoms with Crippen molar-refractivity contribution in [1.29, 1.82) is 0 Å². The minimum atomic E-state index is -1.23. The van der Waals surface area contributed by atoms with Crippen molar-refractivity contribution in [3.8, 4) is 17.4 Å². The number of aromatic nitrogens is 2. The molecular formula is C22H25FN6O3. The van der Waals surface area contributed by atoms with Gasteiger partial charge in [-0.2, -0.15) is 0 Å². The number of nitrogens with one attached hydrogen (secondary N) is 2. The zero-order valence-corrected chi connectivity index (χ0v) is 17.7. The summed E-state index contributed by atoms with van der Waals surface area (Å²) in [4.78, 5) is 30.1. The van der Waals surface area contributed by atoms with Crippen LogP contribution in [0.2, 0.25) is 0 Å². The molecule has 1 unspecified atom stereocenters. The number of piperidine rings is 1. The van der Waals surface area contributed by atoms with Crippen molar-refractivity contribution in [2.24, 2.45) is 9.98 Å². The normalized spacial score (nSPS) is 24.7. The molecule has 1 saturated heterocycles. The van der Waals surface area contributed by atoms with Crippen LogP contribution in [0.15, 0.2) is 46.8 Å². The Morgan fingerprint density at radius 2 is 2.31 bits per heavy atom. The molecule has 0 bridgehead atoms. The van der Waals surface area contributed by atoms with E-state index in [1.165, 1.54) is 18.7 Å². The Morgan fingerprint density at radius 1 is 1.41 bits per heavy atom. The molecule has 2 N–H and O–H groups in total. The van der Waals surface area contributed by atoms with E-state index >= 15 is 0 Å². The van der Waals surface area contributed by atoms with E-state index in [4.69, 9.17) is 9.47 Å². The van der Waals surface area contributed by atoms with Gasteiger partial charge in [0, 0.05) is 25.2 Å². The van der Waals surface area contributed by atoms with Crippen molar-refractivity contribution in [2.75, 3.05) is 26.2 Å². The van der Waals surface area contributed by atoms with Gasteiger partial charge in [0.15, 0.2) is 5.75 Å². The standard InChI is InChI=1S/C22H25FN6O3/c1-2-31-19-4-3-6-28-20(19)32-16-8-15(9-25-10-16)22(12-26-14-27-13-22)21(30)29-18-11-24-7-5-17(18)23/h3-4,6,8-10,12,14,17-18,24H,2,5,7,11,13H2,1H3,(H,29,30)/t17-,18-,22?/m1/s1. The van der Waals surface area contributed by atoms with Gasteiger partial charge >= 0.3 is 0 Å². The predicted molar refractivity (Wildman–Crippen MR) is 118 cm³/mol. The van der Waals surface area contributed by atoms with Gasteiger partial charge in [-0.3, -0.25) is 14.8 Å². The number of carbonyl (C=O) groups is 1. The van der Waals surface area contributed by atoms with Gasteiger partial charge in [-0.05, 0) is 43.7 Å². The number of ether oxygens (including phenoxy) is 2. The fraction of sp³-hybridized carbons (Fsp3) is 0.409. The molecular weight excluding hydrogens is 415 g/mol. The van der Waals surface area contributed by atoms with Crippen molar-refractivity contribution in [3.05, 3.63) is 42.4 Å². The van der Waals surface area contributed by atoms with Crippen LogP contribution < -0.4 is 20.1 Å². The van der Waals surface area contributed by atoms with Gasteiger partial charge in [0.1, 0.15) is 23.7 Å². The van der Waals surface area contributed by atoms with Crippen LogP contribution >= 0.6 is 0 Å². The van der Waals surface area contributed by atoms with Crippen LogP contribution in [-0.4, -0.2) is 66.9 Å². The number of hydrogen-bond donors (Lipinski definition) is 2. The number of aliphatic imine (C=N–C) groups is 2. The van der Waals surface area contributed by atoms with Crippen LogP contribution in [0.1, 0.15) is 18.9 Å². The summed E-state index contributed by atoms with van der Waals surface area (Å²) in [6.45, 7) is 3.41. The highest BCUT2D eigenvalue weighted by atomic mass is 19.1. The van der Waals surface area contributed by atoms with E-state index in [0.29, 0.717) is 43.2 Å². The number of alkyl halides is 1. The Bertz CT molecular complexity index is 1020. The summed E-state index contributed by atoms with van der Waals surface area (Å²) in [5.74, 6) is 0.771. The first-order valence-electron chi connectivity index (χ1n) is 10.5. The molecule has 1 amide bonds. The summed E-state index contributed by atoms with van der Waals surface area (Å²) in [5.41, 5.74) is -0.702. The van der Waals surface area contributed by atoms with Gasteiger partial charge in [-0.15, -0.1) is 0 Å². The third-order valence-corrected chi connectivity index (χ3v) is 5.38. The Kier molecular flexibility index (Phi) is 6.69. The Balaban J connectivity index is 1.61. The monoisotopic (exact) mass is 440 g/mol. The summed E-state index contributed by atoms with van der Waals surface area (Å²) < 4.78 is 25.8. The maximum Gasteiger partial charge on any atom is 0.262 e. The zero-order chi connectivity index (χ0) is 22.4. The Morgan fingerprint density at radius 3 is 3.09 bits per heavy atom. The lowest BCUT2D eigenvalue weighted by molar-refractivity contribution is -0.125. The number of nitrogens with zero attached hydrogens (tertiary/aromatic N) is 4. The van der Waals surface area contributed by atoms with Crippen LogP contribution in [0.4, 0.5) is 4.39 Å². The van der Waals surface area contributed by atoms with Crippen LogP contribution in [0.3, 0.4) is 0 Å². The van der Waals surface area contributed by atoms with Crippen molar-refractivity contribution in [3.63, 3.8) is 0 Å². The smallest absolute Gasteiger partial charge is 0.262 e. The summed E-state index contributed by atoms with van der Waals surface area (Å²) >= 11 is 0. The highest BCUT2D eigenvalue weighted by Crippen LogP contribution is 2.32. The largest absolute Gasteiger partial charge is 0.488 e. The van der Waals surface area contributed by atoms with E-state index < -0.39 is 17.6 Å². The summed E-state index contributed by atoms with van der Waals surface area (Å²) in [5, 5.41) is 5.94. The van der Waals surface area contributed by atoms with Crippen LogP contribution in [0, 0.1) is 0 Å². The van der Waals surface area contributed by atoms with Crippen molar-refractivity contribution in [1.82, 2.24) is 20.6 Å². The first-order chi connectivity index (χ1) is 15.6. The highest BCUT2D eigenvalue weighted by molar-refractivity contribution is 6.07. The number of amides is 1. The fourth-order valence-electron chi connectivity index (χ4n) is 3.67. The van der Waals surface area contributed by atoms with E-state index in [9.17, 15) is 9.18 Å². The lowest BCUT2D eigenvalue weighted by atomic mass is 9.80. The number of hydrogen-bond acceptors (Lipinski definition) is 8. The van der Waals surface area contributed by atoms with Crippen LogP contribution in [0.25, 0.3) is 0 Å². The molecule has 2 aromatic heterocycles. The van der Waals surface area contributed by atoms with Gasteiger partial charge in [-0.1, -0.05) is 0 Å². The Hall–Kier alpha value is -3.40. The van der Waals surface area contributed by atoms with Gasteiger partial charge in [0.25, 0.3) is 5.88 Å². The Labute approximate surface area is 185 Å². The molecule has 4 rings (SSSR count). The maximum atomic E-state index is 14.3. The van der Waals surface area contributed by atoms with Crippen molar-refractivity contribution in [2.45, 2.75) is 31.0 Å². The average molecular weight is 440 g/mol. The molecule has 2 aromatic rings. The SMILES string of the molecule is CCOc1cccnc1Oc1cncc(C2(C(=O)N[C@@H]3CNCC[C@H]3F)C=NC=NC2)c1. The molecule has 32 heavy (non-hydrogen) atoms. The first-order valence-corrected chi connectivity index (χ1v) is 10.5. The third-order valence-electron chi connectivity index (χ3n) is 5.38. The number of halogens is 1. The van der Waals surface area contributed by atoms with Gasteiger partial charge < -0.3 is 20.1 Å². The average Bonchev–Trinajstić information content (AvgIpc) is 2.82. The zero-order valence-electron chi connectivity index (χ0n) is 17.7. The van der Waals surface area contributed by atoms with Crippen molar-refractivity contribution < 1.29 is 18.7 Å². The molecule has 2 aliphatic heterocycles. The number of carbonyl (C=O) groups excluding carboxylic acids is 1. The molecule has 0 aliphatic carbocycles. The lowest BCUT2D eigenvalue weighted by Crippen LogP contribution is -2.58. The van der Waals surface area contributed by atoms with Crippen LogP contribution in [-0.2, 0) is 10.2 Å². The van der Waals surface area contributed by atoms with E-state index in [0.717, 1.165) is 0 Å². The molecule has 2 aliphatic rings.